The summed E-state index contributed by atoms with van der Waals surface area (Å²) in [5.41, 5.74) is 1.89. The number of nitrogens with zero attached hydrogens (tertiary/aromatic N) is 5. The van der Waals surface area contributed by atoms with Gasteiger partial charge in [0.15, 0.2) is 0 Å². The quantitative estimate of drug-likeness (QED) is 0.437. The van der Waals surface area contributed by atoms with Gasteiger partial charge in [-0.15, -0.1) is 0 Å². The highest BCUT2D eigenvalue weighted by Gasteiger charge is 2.12. The molecule has 0 bridgehead atoms. The second-order valence-corrected chi connectivity index (χ2v) is 7.03. The van der Waals surface area contributed by atoms with Crippen LogP contribution in [-0.4, -0.2) is 24.1 Å². The van der Waals surface area contributed by atoms with E-state index in [1.54, 1.807) is 58.4 Å². The van der Waals surface area contributed by atoms with Gasteiger partial charge in [-0.2, -0.15) is 0 Å². The molecule has 0 N–H and O–H groups in total. The van der Waals surface area contributed by atoms with Crippen molar-refractivity contribution in [2.75, 3.05) is 0 Å². The molecule has 5 aromatic heterocycles. The van der Waals surface area contributed by atoms with Crippen molar-refractivity contribution in [3.63, 3.8) is 0 Å². The van der Waals surface area contributed by atoms with E-state index in [4.69, 9.17) is 0 Å². The first-order valence-corrected chi connectivity index (χ1v) is 9.51. The van der Waals surface area contributed by atoms with E-state index >= 15 is 0 Å². The van der Waals surface area contributed by atoms with Crippen LogP contribution in [0, 0.1) is 0 Å². The van der Waals surface area contributed by atoms with Crippen LogP contribution in [0.2, 0.25) is 0 Å². The number of rotatable bonds is 4. The van der Waals surface area contributed by atoms with Crippen molar-refractivity contribution in [2.45, 2.75) is 13.1 Å². The third-order valence-electron chi connectivity index (χ3n) is 5.08. The number of fused-ring (bicyclic) bond motifs is 3. The Hall–Kier alpha value is -4.13. The van der Waals surface area contributed by atoms with Gasteiger partial charge in [0, 0.05) is 42.6 Å². The van der Waals surface area contributed by atoms with Crippen molar-refractivity contribution in [1.29, 1.82) is 0 Å². The summed E-state index contributed by atoms with van der Waals surface area (Å²) in [5.74, 6) is 0. The fraction of sp³-hybridized carbons (Fsp3) is 0.0870. The highest BCUT2D eigenvalue weighted by molar-refractivity contribution is 6.04. The predicted octanol–water partition coefficient (Wildman–Crippen LogP) is 2.60. The van der Waals surface area contributed by atoms with Crippen LogP contribution in [0.25, 0.3) is 21.7 Å². The minimum Gasteiger partial charge on any atom is -0.310 e. The molecule has 5 aromatic rings. The SMILES string of the molecule is O=c1c2cnc3ccn(Cc4cccnc4)c(=O)c3c2ccn1Cc1ccccn1. The highest BCUT2D eigenvalue weighted by Crippen LogP contribution is 2.18. The zero-order chi connectivity index (χ0) is 20.5. The van der Waals surface area contributed by atoms with Crippen LogP contribution >= 0.6 is 0 Å². The minimum absolute atomic E-state index is 0.184. The fourth-order valence-corrected chi connectivity index (χ4v) is 3.60. The van der Waals surface area contributed by atoms with Gasteiger partial charge >= 0.3 is 0 Å². The van der Waals surface area contributed by atoms with Crippen molar-refractivity contribution in [3.05, 3.63) is 112 Å². The molecule has 0 spiro atoms. The lowest BCUT2D eigenvalue weighted by Crippen LogP contribution is -2.23. The molecule has 5 heterocycles. The molecule has 0 atom stereocenters. The van der Waals surface area contributed by atoms with E-state index in [0.29, 0.717) is 34.8 Å². The summed E-state index contributed by atoms with van der Waals surface area (Å²) in [6, 6.07) is 12.9. The lowest BCUT2D eigenvalue weighted by atomic mass is 10.1. The number of hydrogen-bond acceptors (Lipinski definition) is 5. The third kappa shape index (κ3) is 3.16. The Balaban J connectivity index is 1.65. The molecule has 0 saturated carbocycles. The molecule has 0 aliphatic carbocycles. The summed E-state index contributed by atoms with van der Waals surface area (Å²) in [7, 11) is 0. The number of aromatic nitrogens is 5. The Morgan fingerprint density at radius 1 is 0.733 bits per heavy atom. The Morgan fingerprint density at radius 3 is 2.40 bits per heavy atom. The fourth-order valence-electron chi connectivity index (χ4n) is 3.60. The first-order chi connectivity index (χ1) is 14.7. The van der Waals surface area contributed by atoms with Crippen LogP contribution in [0.4, 0.5) is 0 Å². The van der Waals surface area contributed by atoms with Crippen LogP contribution < -0.4 is 11.1 Å². The van der Waals surface area contributed by atoms with Gasteiger partial charge in [-0.1, -0.05) is 12.1 Å². The monoisotopic (exact) mass is 395 g/mol. The Bertz CT molecular complexity index is 1470. The van der Waals surface area contributed by atoms with Gasteiger partial charge in [0.2, 0.25) is 0 Å². The van der Waals surface area contributed by atoms with Gasteiger partial charge in [0.1, 0.15) is 0 Å². The molecular formula is C23H17N5O2. The second-order valence-electron chi connectivity index (χ2n) is 7.03. The van der Waals surface area contributed by atoms with Crippen molar-refractivity contribution in [2.24, 2.45) is 0 Å². The summed E-state index contributed by atoms with van der Waals surface area (Å²) in [4.78, 5) is 39.0. The van der Waals surface area contributed by atoms with Gasteiger partial charge in [-0.3, -0.25) is 24.5 Å². The summed E-state index contributed by atoms with van der Waals surface area (Å²) in [6.07, 6.45) is 10.1. The van der Waals surface area contributed by atoms with E-state index in [0.717, 1.165) is 11.3 Å². The molecule has 7 heteroatoms. The standard InChI is InChI=1S/C23H17N5O2/c29-22-19-13-26-20-7-11-27(14-16-4-3-8-24-12-16)23(30)21(20)18(19)6-10-28(22)15-17-5-1-2-9-25-17/h1-13H,14-15H2. The van der Waals surface area contributed by atoms with Gasteiger partial charge < -0.3 is 9.13 Å². The summed E-state index contributed by atoms with van der Waals surface area (Å²) >= 11 is 0. The molecule has 0 unspecified atom stereocenters. The molecule has 0 aliphatic rings. The van der Waals surface area contributed by atoms with Crippen LogP contribution in [-0.2, 0) is 13.1 Å². The van der Waals surface area contributed by atoms with Crippen molar-refractivity contribution < 1.29 is 0 Å². The zero-order valence-electron chi connectivity index (χ0n) is 16.0. The molecular weight excluding hydrogens is 378 g/mol. The second kappa shape index (κ2) is 7.36. The van der Waals surface area contributed by atoms with Gasteiger partial charge in [-0.05, 0) is 35.9 Å². The maximum atomic E-state index is 13.2. The topological polar surface area (TPSA) is 82.7 Å². The largest absolute Gasteiger partial charge is 0.310 e. The van der Waals surface area contributed by atoms with Crippen LogP contribution in [0.3, 0.4) is 0 Å². The smallest absolute Gasteiger partial charge is 0.260 e. The van der Waals surface area contributed by atoms with E-state index < -0.39 is 0 Å². The molecule has 0 aliphatic heterocycles. The van der Waals surface area contributed by atoms with Gasteiger partial charge in [0.25, 0.3) is 11.1 Å². The van der Waals surface area contributed by atoms with Gasteiger partial charge in [-0.25, -0.2) is 0 Å². The molecule has 7 nitrogen and oxygen atoms in total. The highest BCUT2D eigenvalue weighted by atomic mass is 16.1. The van der Waals surface area contributed by atoms with Crippen LogP contribution in [0.5, 0.6) is 0 Å². The van der Waals surface area contributed by atoms with Gasteiger partial charge in [0.05, 0.1) is 35.1 Å². The predicted molar refractivity (Wildman–Crippen MR) is 114 cm³/mol. The van der Waals surface area contributed by atoms with E-state index in [-0.39, 0.29) is 11.1 Å². The molecule has 0 amide bonds. The van der Waals surface area contributed by atoms with E-state index in [9.17, 15) is 9.59 Å². The number of hydrogen-bond donors (Lipinski definition) is 0. The van der Waals surface area contributed by atoms with Crippen LogP contribution in [0.1, 0.15) is 11.3 Å². The Morgan fingerprint density at radius 2 is 1.60 bits per heavy atom. The Labute approximate surface area is 170 Å². The molecule has 0 aromatic carbocycles. The average Bonchev–Trinajstić information content (AvgIpc) is 2.79. The summed E-state index contributed by atoms with van der Waals surface area (Å²) in [5, 5.41) is 1.46. The molecule has 146 valence electrons. The maximum absolute atomic E-state index is 13.2. The first kappa shape index (κ1) is 17.9. The Kier molecular flexibility index (Phi) is 4.40. The normalized spacial score (nSPS) is 11.2. The lowest BCUT2D eigenvalue weighted by Gasteiger charge is -2.10. The maximum Gasteiger partial charge on any atom is 0.260 e. The molecule has 0 saturated heterocycles. The van der Waals surface area contributed by atoms with E-state index in [1.165, 1.54) is 0 Å². The number of pyridine rings is 5. The van der Waals surface area contributed by atoms with Crippen molar-refractivity contribution in [3.8, 4) is 0 Å². The molecule has 5 rings (SSSR count). The minimum atomic E-state index is -0.199. The molecule has 30 heavy (non-hydrogen) atoms. The first-order valence-electron chi connectivity index (χ1n) is 9.51. The zero-order valence-corrected chi connectivity index (χ0v) is 16.0. The molecule has 0 radical (unpaired) electrons. The summed E-state index contributed by atoms with van der Waals surface area (Å²) < 4.78 is 3.19. The van der Waals surface area contributed by atoms with Crippen LogP contribution in [0.15, 0.2) is 89.2 Å². The van der Waals surface area contributed by atoms with Crippen molar-refractivity contribution >= 4 is 21.7 Å². The third-order valence-corrected chi connectivity index (χ3v) is 5.08. The van der Waals surface area contributed by atoms with Crippen molar-refractivity contribution in [1.82, 2.24) is 24.1 Å². The average molecular weight is 395 g/mol. The van der Waals surface area contributed by atoms with E-state index in [2.05, 4.69) is 15.0 Å². The molecule has 0 fully saturated rings. The summed E-state index contributed by atoms with van der Waals surface area (Å²) in [6.45, 7) is 0.753. The van der Waals surface area contributed by atoms with E-state index in [1.807, 2.05) is 30.3 Å². The lowest BCUT2D eigenvalue weighted by molar-refractivity contribution is 0.746.